The van der Waals surface area contributed by atoms with Crippen molar-refractivity contribution in [1.29, 1.82) is 0 Å². The normalized spacial score (nSPS) is 11.6. The largest absolute Gasteiger partial charge is 0.477 e. The van der Waals surface area contributed by atoms with Crippen LogP contribution in [0.1, 0.15) is 42.5 Å². The molecule has 0 atom stereocenters. The predicted molar refractivity (Wildman–Crippen MR) is 73.4 cm³/mol. The highest BCUT2D eigenvalue weighted by Crippen LogP contribution is 2.22. The van der Waals surface area contributed by atoms with E-state index in [9.17, 15) is 14.3 Å². The summed E-state index contributed by atoms with van der Waals surface area (Å²) in [6.45, 7) is 6.23. The van der Waals surface area contributed by atoms with Crippen LogP contribution >= 0.6 is 0 Å². The standard InChI is InChI=1S/C15H17FN2O2/c1-15(2,3)13-8-12(14(19)20)18(17-13)9-10-4-6-11(16)7-5-10/h4-8H,9H2,1-3H3,(H,19,20). The van der Waals surface area contributed by atoms with E-state index in [-0.39, 0.29) is 16.9 Å². The van der Waals surface area contributed by atoms with Crippen LogP contribution in [0.2, 0.25) is 0 Å². The summed E-state index contributed by atoms with van der Waals surface area (Å²) < 4.78 is 14.3. The summed E-state index contributed by atoms with van der Waals surface area (Å²) in [5.74, 6) is -1.34. The number of carboxylic acid groups (broad SMARTS) is 1. The van der Waals surface area contributed by atoms with E-state index in [0.717, 1.165) is 11.3 Å². The second kappa shape index (κ2) is 5.07. The summed E-state index contributed by atoms with van der Waals surface area (Å²) in [6.07, 6.45) is 0. The maximum absolute atomic E-state index is 12.9. The summed E-state index contributed by atoms with van der Waals surface area (Å²) in [6, 6.07) is 7.54. The Balaban J connectivity index is 2.37. The number of aromatic nitrogens is 2. The summed E-state index contributed by atoms with van der Waals surface area (Å²) in [4.78, 5) is 11.3. The first-order valence-corrected chi connectivity index (χ1v) is 6.33. The van der Waals surface area contributed by atoms with Gasteiger partial charge in [-0.25, -0.2) is 9.18 Å². The van der Waals surface area contributed by atoms with E-state index in [1.807, 2.05) is 20.8 Å². The van der Waals surface area contributed by atoms with Crippen LogP contribution in [0.5, 0.6) is 0 Å². The van der Waals surface area contributed by atoms with Crippen molar-refractivity contribution in [2.24, 2.45) is 0 Å². The van der Waals surface area contributed by atoms with Gasteiger partial charge in [0.2, 0.25) is 0 Å². The van der Waals surface area contributed by atoms with E-state index >= 15 is 0 Å². The average Bonchev–Trinajstić information content (AvgIpc) is 2.76. The van der Waals surface area contributed by atoms with Crippen molar-refractivity contribution in [1.82, 2.24) is 9.78 Å². The first kappa shape index (κ1) is 14.2. The molecule has 0 amide bonds. The molecule has 4 nitrogen and oxygen atoms in total. The van der Waals surface area contributed by atoms with Gasteiger partial charge in [0, 0.05) is 5.41 Å². The van der Waals surface area contributed by atoms with Crippen molar-refractivity contribution in [2.75, 3.05) is 0 Å². The third-order valence-corrected chi connectivity index (χ3v) is 3.01. The first-order valence-electron chi connectivity index (χ1n) is 6.33. The smallest absolute Gasteiger partial charge is 0.354 e. The zero-order valence-corrected chi connectivity index (χ0v) is 11.7. The quantitative estimate of drug-likeness (QED) is 0.937. The molecule has 2 aromatic rings. The highest BCUT2D eigenvalue weighted by molar-refractivity contribution is 5.85. The molecule has 0 fully saturated rings. The maximum Gasteiger partial charge on any atom is 0.354 e. The van der Waals surface area contributed by atoms with E-state index in [1.165, 1.54) is 16.8 Å². The Morgan fingerprint density at radius 3 is 2.40 bits per heavy atom. The van der Waals surface area contributed by atoms with Crippen molar-refractivity contribution in [3.8, 4) is 0 Å². The van der Waals surface area contributed by atoms with Gasteiger partial charge in [-0.15, -0.1) is 0 Å². The topological polar surface area (TPSA) is 55.1 Å². The molecule has 0 aliphatic heterocycles. The van der Waals surface area contributed by atoms with E-state index < -0.39 is 5.97 Å². The van der Waals surface area contributed by atoms with Crippen LogP contribution in [0.3, 0.4) is 0 Å². The van der Waals surface area contributed by atoms with Gasteiger partial charge in [0.15, 0.2) is 0 Å². The number of aromatic carboxylic acids is 1. The van der Waals surface area contributed by atoms with Crippen LogP contribution < -0.4 is 0 Å². The number of carboxylic acids is 1. The molecule has 0 unspecified atom stereocenters. The second-order valence-corrected chi connectivity index (χ2v) is 5.75. The summed E-state index contributed by atoms with van der Waals surface area (Å²) in [7, 11) is 0. The Bertz CT molecular complexity index is 624. The molecular weight excluding hydrogens is 259 g/mol. The van der Waals surface area contributed by atoms with E-state index in [0.29, 0.717) is 6.54 Å². The third kappa shape index (κ3) is 3.04. The lowest BCUT2D eigenvalue weighted by molar-refractivity contribution is 0.0684. The van der Waals surface area contributed by atoms with E-state index in [4.69, 9.17) is 0 Å². The first-order chi connectivity index (χ1) is 9.27. The number of hydrogen-bond donors (Lipinski definition) is 1. The minimum absolute atomic E-state index is 0.138. The van der Waals surface area contributed by atoms with E-state index in [2.05, 4.69) is 5.10 Å². The lowest BCUT2D eigenvalue weighted by Gasteiger charge is -2.14. The average molecular weight is 276 g/mol. The van der Waals surface area contributed by atoms with Gasteiger partial charge < -0.3 is 5.11 Å². The maximum atomic E-state index is 12.9. The fraction of sp³-hybridized carbons (Fsp3) is 0.333. The molecule has 5 heteroatoms. The molecule has 0 aliphatic rings. The van der Waals surface area contributed by atoms with Crippen LogP contribution in [0.4, 0.5) is 4.39 Å². The zero-order chi connectivity index (χ0) is 14.9. The monoisotopic (exact) mass is 276 g/mol. The van der Waals surface area contributed by atoms with Gasteiger partial charge >= 0.3 is 5.97 Å². The molecule has 0 spiro atoms. The molecule has 1 heterocycles. The van der Waals surface area contributed by atoms with Crippen LogP contribution in [0.15, 0.2) is 30.3 Å². The molecule has 0 aliphatic carbocycles. The fourth-order valence-electron chi connectivity index (χ4n) is 1.84. The summed E-state index contributed by atoms with van der Waals surface area (Å²) >= 11 is 0. The van der Waals surface area contributed by atoms with Crippen molar-refractivity contribution >= 4 is 5.97 Å². The molecule has 0 saturated carbocycles. The Kier molecular flexibility index (Phi) is 3.61. The Morgan fingerprint density at radius 1 is 1.30 bits per heavy atom. The van der Waals surface area contributed by atoms with Gasteiger partial charge in [0.25, 0.3) is 0 Å². The van der Waals surface area contributed by atoms with Gasteiger partial charge in [-0.1, -0.05) is 32.9 Å². The molecule has 0 bridgehead atoms. The molecule has 20 heavy (non-hydrogen) atoms. The van der Waals surface area contributed by atoms with Gasteiger partial charge in [0.1, 0.15) is 11.5 Å². The van der Waals surface area contributed by atoms with E-state index in [1.54, 1.807) is 18.2 Å². The Labute approximate surface area is 116 Å². The molecule has 1 aromatic carbocycles. The summed E-state index contributed by atoms with van der Waals surface area (Å²) in [5.41, 5.74) is 1.44. The highest BCUT2D eigenvalue weighted by Gasteiger charge is 2.22. The van der Waals surface area contributed by atoms with Crippen LogP contribution in [-0.4, -0.2) is 20.9 Å². The molecule has 1 N–H and O–H groups in total. The second-order valence-electron chi connectivity index (χ2n) is 5.75. The zero-order valence-electron chi connectivity index (χ0n) is 11.7. The molecule has 0 saturated heterocycles. The van der Waals surface area contributed by atoms with Gasteiger partial charge in [-0.05, 0) is 23.8 Å². The van der Waals surface area contributed by atoms with Crippen molar-refractivity contribution < 1.29 is 14.3 Å². The van der Waals surface area contributed by atoms with Crippen LogP contribution in [0.25, 0.3) is 0 Å². The van der Waals surface area contributed by atoms with Crippen LogP contribution in [0, 0.1) is 5.82 Å². The van der Waals surface area contributed by atoms with Crippen molar-refractivity contribution in [3.63, 3.8) is 0 Å². The SMILES string of the molecule is CC(C)(C)c1cc(C(=O)O)n(Cc2ccc(F)cc2)n1. The fourth-order valence-corrected chi connectivity index (χ4v) is 1.84. The number of benzene rings is 1. The lowest BCUT2D eigenvalue weighted by Crippen LogP contribution is -2.14. The number of rotatable bonds is 3. The molecule has 0 radical (unpaired) electrons. The number of nitrogens with zero attached hydrogens (tertiary/aromatic N) is 2. The Hall–Kier alpha value is -2.17. The Morgan fingerprint density at radius 2 is 1.90 bits per heavy atom. The van der Waals surface area contributed by atoms with Gasteiger partial charge in [-0.2, -0.15) is 5.10 Å². The number of halogens is 1. The molecule has 106 valence electrons. The highest BCUT2D eigenvalue weighted by atomic mass is 19.1. The van der Waals surface area contributed by atoms with Gasteiger partial charge in [0.05, 0.1) is 12.2 Å². The summed E-state index contributed by atoms with van der Waals surface area (Å²) in [5, 5.41) is 13.6. The molecule has 1 aromatic heterocycles. The lowest BCUT2D eigenvalue weighted by atomic mass is 9.92. The number of hydrogen-bond acceptors (Lipinski definition) is 2. The minimum atomic E-state index is -1.02. The predicted octanol–water partition coefficient (Wildman–Crippen LogP) is 3.07. The van der Waals surface area contributed by atoms with Crippen molar-refractivity contribution in [2.45, 2.75) is 32.7 Å². The minimum Gasteiger partial charge on any atom is -0.477 e. The number of carbonyl (C=O) groups is 1. The third-order valence-electron chi connectivity index (χ3n) is 3.01. The molecular formula is C15H17FN2O2. The van der Waals surface area contributed by atoms with Crippen LogP contribution in [-0.2, 0) is 12.0 Å². The van der Waals surface area contributed by atoms with Crippen molar-refractivity contribution in [3.05, 3.63) is 53.1 Å². The molecule has 2 rings (SSSR count). The van der Waals surface area contributed by atoms with Gasteiger partial charge in [-0.3, -0.25) is 4.68 Å².